The van der Waals surface area contributed by atoms with Crippen molar-refractivity contribution in [3.8, 4) is 0 Å². The summed E-state index contributed by atoms with van der Waals surface area (Å²) in [6, 6.07) is 2.61. The van der Waals surface area contributed by atoms with Crippen molar-refractivity contribution in [3.05, 3.63) is 29.1 Å². The van der Waals surface area contributed by atoms with Gasteiger partial charge in [0.1, 0.15) is 5.69 Å². The van der Waals surface area contributed by atoms with Gasteiger partial charge in [0.2, 0.25) is 0 Å². The zero-order valence-electron chi connectivity index (χ0n) is 8.74. The minimum absolute atomic E-state index is 0.00683. The van der Waals surface area contributed by atoms with E-state index < -0.39 is 12.4 Å². The molecule has 0 amide bonds. The Hall–Kier alpha value is -1.56. The van der Waals surface area contributed by atoms with Gasteiger partial charge in [0.25, 0.3) is 6.43 Å². The van der Waals surface area contributed by atoms with Gasteiger partial charge in [-0.15, -0.1) is 0 Å². The van der Waals surface area contributed by atoms with Crippen LogP contribution in [0.4, 0.5) is 8.78 Å². The van der Waals surface area contributed by atoms with Gasteiger partial charge in [0.05, 0.1) is 19.2 Å². The first-order chi connectivity index (χ1) is 7.58. The van der Waals surface area contributed by atoms with Crippen molar-refractivity contribution in [2.45, 2.75) is 19.4 Å². The number of hydrogen-bond acceptors (Lipinski definition) is 4. The van der Waals surface area contributed by atoms with E-state index in [-0.39, 0.29) is 18.7 Å². The van der Waals surface area contributed by atoms with E-state index in [1.54, 1.807) is 0 Å². The van der Waals surface area contributed by atoms with Gasteiger partial charge in [-0.3, -0.25) is 9.78 Å². The van der Waals surface area contributed by atoms with Gasteiger partial charge in [0, 0.05) is 6.54 Å². The van der Waals surface area contributed by atoms with Gasteiger partial charge < -0.3 is 10.5 Å². The van der Waals surface area contributed by atoms with Crippen LogP contribution in [-0.2, 0) is 22.5 Å². The number of aromatic nitrogens is 1. The number of esters is 1. The second kappa shape index (κ2) is 5.50. The molecule has 1 heterocycles. The van der Waals surface area contributed by atoms with Crippen LogP contribution >= 0.6 is 0 Å². The summed E-state index contributed by atoms with van der Waals surface area (Å²) in [6.07, 6.45) is -2.66. The molecule has 0 saturated carbocycles. The molecule has 0 bridgehead atoms. The number of hydrogen-bond donors (Lipinski definition) is 1. The maximum atomic E-state index is 12.3. The largest absolute Gasteiger partial charge is 0.469 e. The van der Waals surface area contributed by atoms with E-state index in [1.165, 1.54) is 19.2 Å². The number of carbonyl (C=O) groups is 1. The van der Waals surface area contributed by atoms with Crippen LogP contribution in [0.2, 0.25) is 0 Å². The van der Waals surface area contributed by atoms with Crippen LogP contribution in [0.25, 0.3) is 0 Å². The summed E-state index contributed by atoms with van der Waals surface area (Å²) >= 11 is 0. The highest BCUT2D eigenvalue weighted by Gasteiger charge is 2.13. The van der Waals surface area contributed by atoms with E-state index in [9.17, 15) is 13.6 Å². The van der Waals surface area contributed by atoms with Crippen molar-refractivity contribution >= 4 is 5.97 Å². The van der Waals surface area contributed by atoms with Gasteiger partial charge in [-0.1, -0.05) is 6.07 Å². The Morgan fingerprint density at radius 3 is 2.75 bits per heavy atom. The maximum Gasteiger partial charge on any atom is 0.310 e. The molecule has 0 aliphatic carbocycles. The van der Waals surface area contributed by atoms with Crippen molar-refractivity contribution in [1.29, 1.82) is 0 Å². The standard InChI is InChI=1S/C10H12F2N2O2/c1-16-9(15)4-6-2-3-7(10(11)12)14-8(6)5-13/h2-3,10H,4-5,13H2,1H3. The normalized spacial score (nSPS) is 10.6. The first kappa shape index (κ1) is 12.5. The third-order valence-corrected chi connectivity index (χ3v) is 2.07. The van der Waals surface area contributed by atoms with Crippen molar-refractivity contribution in [2.75, 3.05) is 7.11 Å². The summed E-state index contributed by atoms with van der Waals surface area (Å²) in [5.74, 6) is -0.457. The molecule has 0 fully saturated rings. The first-order valence-electron chi connectivity index (χ1n) is 4.62. The summed E-state index contributed by atoms with van der Waals surface area (Å²) in [6.45, 7) is 0.00683. The lowest BCUT2D eigenvalue weighted by Gasteiger charge is -2.08. The third-order valence-electron chi connectivity index (χ3n) is 2.07. The molecule has 0 saturated heterocycles. The number of methoxy groups -OCH3 is 1. The third kappa shape index (κ3) is 2.96. The van der Waals surface area contributed by atoms with E-state index in [1.807, 2.05) is 0 Å². The van der Waals surface area contributed by atoms with Gasteiger partial charge in [-0.25, -0.2) is 8.78 Å². The molecule has 1 rings (SSSR count). The molecule has 1 aromatic rings. The Morgan fingerprint density at radius 1 is 1.56 bits per heavy atom. The molecule has 1 aromatic heterocycles. The Kier molecular flexibility index (Phi) is 4.30. The molecule has 0 radical (unpaired) electrons. The zero-order chi connectivity index (χ0) is 12.1. The van der Waals surface area contributed by atoms with Crippen LogP contribution in [0.15, 0.2) is 12.1 Å². The van der Waals surface area contributed by atoms with E-state index in [2.05, 4.69) is 9.72 Å². The molecule has 0 spiro atoms. The molecule has 16 heavy (non-hydrogen) atoms. The highest BCUT2D eigenvalue weighted by molar-refractivity contribution is 5.72. The van der Waals surface area contributed by atoms with E-state index in [0.717, 1.165) is 0 Å². The molecule has 0 aliphatic heterocycles. The van der Waals surface area contributed by atoms with Gasteiger partial charge >= 0.3 is 5.97 Å². The van der Waals surface area contributed by atoms with Crippen molar-refractivity contribution < 1.29 is 18.3 Å². The number of halogens is 2. The second-order valence-electron chi connectivity index (χ2n) is 3.10. The summed E-state index contributed by atoms with van der Waals surface area (Å²) in [5, 5.41) is 0. The molecule has 88 valence electrons. The predicted octanol–water partition coefficient (Wildman–Crippen LogP) is 1.19. The van der Waals surface area contributed by atoms with E-state index in [4.69, 9.17) is 5.73 Å². The number of carbonyl (C=O) groups excluding carboxylic acids is 1. The van der Waals surface area contributed by atoms with Crippen LogP contribution in [0.5, 0.6) is 0 Å². The zero-order valence-corrected chi connectivity index (χ0v) is 8.74. The quantitative estimate of drug-likeness (QED) is 0.789. The summed E-state index contributed by atoms with van der Waals surface area (Å²) in [5.41, 5.74) is 5.85. The lowest BCUT2D eigenvalue weighted by molar-refractivity contribution is -0.139. The maximum absolute atomic E-state index is 12.3. The van der Waals surface area contributed by atoms with Crippen LogP contribution in [0.3, 0.4) is 0 Å². The van der Waals surface area contributed by atoms with E-state index in [0.29, 0.717) is 11.3 Å². The Balaban J connectivity index is 2.97. The predicted molar refractivity (Wildman–Crippen MR) is 52.8 cm³/mol. The molecule has 2 N–H and O–H groups in total. The topological polar surface area (TPSA) is 65.2 Å². The summed E-state index contributed by atoms with van der Waals surface area (Å²) in [4.78, 5) is 14.7. The van der Waals surface area contributed by atoms with Crippen LogP contribution in [-0.4, -0.2) is 18.1 Å². The SMILES string of the molecule is COC(=O)Cc1ccc(C(F)F)nc1CN. The average Bonchev–Trinajstić information content (AvgIpc) is 2.29. The molecule has 0 aliphatic rings. The number of ether oxygens (including phenoxy) is 1. The number of rotatable bonds is 4. The molecule has 0 atom stereocenters. The smallest absolute Gasteiger partial charge is 0.310 e. The minimum Gasteiger partial charge on any atom is -0.469 e. The van der Waals surface area contributed by atoms with Gasteiger partial charge in [-0.05, 0) is 11.6 Å². The summed E-state index contributed by atoms with van der Waals surface area (Å²) < 4.78 is 29.2. The number of pyridine rings is 1. The number of alkyl halides is 2. The molecular formula is C10H12F2N2O2. The number of nitrogens with zero attached hydrogens (tertiary/aromatic N) is 1. The monoisotopic (exact) mass is 230 g/mol. The fourth-order valence-electron chi connectivity index (χ4n) is 1.23. The van der Waals surface area contributed by atoms with E-state index >= 15 is 0 Å². The fourth-order valence-corrected chi connectivity index (χ4v) is 1.23. The molecule has 0 unspecified atom stereocenters. The van der Waals surface area contributed by atoms with Gasteiger partial charge in [0.15, 0.2) is 0 Å². The summed E-state index contributed by atoms with van der Waals surface area (Å²) in [7, 11) is 1.26. The Labute approximate surface area is 91.4 Å². The van der Waals surface area contributed by atoms with Crippen LogP contribution < -0.4 is 5.73 Å². The van der Waals surface area contributed by atoms with Crippen molar-refractivity contribution in [1.82, 2.24) is 4.98 Å². The molecule has 6 heteroatoms. The fraction of sp³-hybridized carbons (Fsp3) is 0.400. The van der Waals surface area contributed by atoms with Crippen molar-refractivity contribution in [2.24, 2.45) is 5.73 Å². The Bertz CT molecular complexity index is 383. The lowest BCUT2D eigenvalue weighted by atomic mass is 10.1. The van der Waals surface area contributed by atoms with Crippen LogP contribution in [0.1, 0.15) is 23.4 Å². The first-order valence-corrected chi connectivity index (χ1v) is 4.62. The second-order valence-corrected chi connectivity index (χ2v) is 3.10. The minimum atomic E-state index is -2.64. The number of nitrogens with two attached hydrogens (primary N) is 1. The highest BCUT2D eigenvalue weighted by atomic mass is 19.3. The Morgan fingerprint density at radius 2 is 2.25 bits per heavy atom. The molecule has 4 nitrogen and oxygen atoms in total. The van der Waals surface area contributed by atoms with Gasteiger partial charge in [-0.2, -0.15) is 0 Å². The van der Waals surface area contributed by atoms with Crippen molar-refractivity contribution in [3.63, 3.8) is 0 Å². The molecule has 0 aromatic carbocycles. The molecular weight excluding hydrogens is 218 g/mol. The highest BCUT2D eigenvalue weighted by Crippen LogP contribution is 2.18. The lowest BCUT2D eigenvalue weighted by Crippen LogP contribution is -2.12. The van der Waals surface area contributed by atoms with Crippen LogP contribution in [0, 0.1) is 0 Å². The average molecular weight is 230 g/mol.